The molecule has 0 aliphatic carbocycles. The van der Waals surface area contributed by atoms with Crippen molar-refractivity contribution in [2.45, 2.75) is 32.4 Å². The third-order valence-corrected chi connectivity index (χ3v) is 1.69. The molecule has 0 fully saturated rings. The molecule has 0 aromatic carbocycles. The first kappa shape index (κ1) is 11.9. The van der Waals surface area contributed by atoms with Crippen LogP contribution in [0.25, 0.3) is 0 Å². The van der Waals surface area contributed by atoms with Gasteiger partial charge in [0.1, 0.15) is 6.04 Å². The molecule has 2 atom stereocenters. The van der Waals surface area contributed by atoms with E-state index in [1.54, 1.807) is 13.8 Å². The average molecular weight is 188 g/mol. The third kappa shape index (κ3) is 3.89. The summed E-state index contributed by atoms with van der Waals surface area (Å²) in [6.07, 6.45) is 0.541. The standard InChI is InChI=1S/C8H16N2O3/c1-4-6(9)7(11)10-5(2)8(12)13-3/h5-6H,4,9H2,1-3H3,(H,10,11)/t5-,6+/m0/s1. The minimum atomic E-state index is -0.643. The smallest absolute Gasteiger partial charge is 0.328 e. The van der Waals surface area contributed by atoms with Gasteiger partial charge in [0, 0.05) is 0 Å². The zero-order chi connectivity index (χ0) is 10.4. The van der Waals surface area contributed by atoms with E-state index in [9.17, 15) is 9.59 Å². The summed E-state index contributed by atoms with van der Waals surface area (Å²) in [6.45, 7) is 3.35. The maximum atomic E-state index is 11.2. The molecule has 0 bridgehead atoms. The molecule has 0 aromatic heterocycles. The van der Waals surface area contributed by atoms with Crippen molar-refractivity contribution in [1.29, 1.82) is 0 Å². The fourth-order valence-electron chi connectivity index (χ4n) is 0.742. The molecule has 0 saturated heterocycles. The molecule has 13 heavy (non-hydrogen) atoms. The van der Waals surface area contributed by atoms with Gasteiger partial charge in [-0.15, -0.1) is 0 Å². The van der Waals surface area contributed by atoms with Crippen molar-refractivity contribution in [3.8, 4) is 0 Å². The highest BCUT2D eigenvalue weighted by Gasteiger charge is 2.18. The summed E-state index contributed by atoms with van der Waals surface area (Å²) < 4.78 is 4.43. The molecular weight excluding hydrogens is 172 g/mol. The second-order valence-electron chi connectivity index (χ2n) is 2.77. The van der Waals surface area contributed by atoms with Crippen LogP contribution >= 0.6 is 0 Å². The fraction of sp³-hybridized carbons (Fsp3) is 0.750. The van der Waals surface area contributed by atoms with Gasteiger partial charge in [-0.1, -0.05) is 6.92 Å². The van der Waals surface area contributed by atoms with Crippen LogP contribution in [0.1, 0.15) is 20.3 Å². The Balaban J connectivity index is 3.98. The Hall–Kier alpha value is -1.10. The quantitative estimate of drug-likeness (QED) is 0.577. The molecule has 0 aromatic rings. The van der Waals surface area contributed by atoms with E-state index in [0.717, 1.165) is 0 Å². The second-order valence-corrected chi connectivity index (χ2v) is 2.77. The number of rotatable bonds is 4. The van der Waals surface area contributed by atoms with Crippen molar-refractivity contribution in [2.75, 3.05) is 7.11 Å². The van der Waals surface area contributed by atoms with Crippen LogP contribution in [0.3, 0.4) is 0 Å². The van der Waals surface area contributed by atoms with Crippen molar-refractivity contribution in [3.05, 3.63) is 0 Å². The van der Waals surface area contributed by atoms with Crippen molar-refractivity contribution in [3.63, 3.8) is 0 Å². The Morgan fingerprint density at radius 2 is 2.08 bits per heavy atom. The monoisotopic (exact) mass is 188 g/mol. The van der Waals surface area contributed by atoms with Crippen LogP contribution in [0.5, 0.6) is 0 Å². The summed E-state index contributed by atoms with van der Waals surface area (Å²) in [7, 11) is 1.27. The number of nitrogens with two attached hydrogens (primary N) is 1. The van der Waals surface area contributed by atoms with E-state index >= 15 is 0 Å². The molecule has 1 amide bonds. The van der Waals surface area contributed by atoms with Crippen LogP contribution in [0, 0.1) is 0 Å². The number of esters is 1. The van der Waals surface area contributed by atoms with Crippen LogP contribution in [-0.4, -0.2) is 31.1 Å². The highest BCUT2D eigenvalue weighted by atomic mass is 16.5. The largest absolute Gasteiger partial charge is 0.467 e. The lowest BCUT2D eigenvalue weighted by molar-refractivity contribution is -0.144. The van der Waals surface area contributed by atoms with Gasteiger partial charge in [-0.25, -0.2) is 4.79 Å². The van der Waals surface area contributed by atoms with Gasteiger partial charge in [0.25, 0.3) is 0 Å². The maximum absolute atomic E-state index is 11.2. The minimum Gasteiger partial charge on any atom is -0.467 e. The molecule has 5 heteroatoms. The molecule has 5 nitrogen and oxygen atoms in total. The normalized spacial score (nSPS) is 14.5. The van der Waals surface area contributed by atoms with E-state index in [1.165, 1.54) is 7.11 Å². The first-order valence-electron chi connectivity index (χ1n) is 4.16. The van der Waals surface area contributed by atoms with Crippen molar-refractivity contribution >= 4 is 11.9 Å². The lowest BCUT2D eigenvalue weighted by Crippen LogP contribution is -2.47. The third-order valence-electron chi connectivity index (χ3n) is 1.69. The summed E-state index contributed by atoms with van der Waals surface area (Å²) in [5.74, 6) is -0.808. The number of ether oxygens (including phenoxy) is 1. The molecule has 0 heterocycles. The number of amides is 1. The Bertz CT molecular complexity index is 194. The predicted molar refractivity (Wildman–Crippen MR) is 47.9 cm³/mol. The van der Waals surface area contributed by atoms with Crippen LogP contribution in [0.4, 0.5) is 0 Å². The van der Waals surface area contributed by atoms with Gasteiger partial charge in [0.15, 0.2) is 0 Å². The van der Waals surface area contributed by atoms with Gasteiger partial charge in [-0.3, -0.25) is 4.79 Å². The molecule has 0 radical (unpaired) electrons. The second kappa shape index (κ2) is 5.53. The topological polar surface area (TPSA) is 81.4 Å². The number of hydrogen-bond donors (Lipinski definition) is 2. The van der Waals surface area contributed by atoms with Gasteiger partial charge in [-0.2, -0.15) is 0 Å². The highest BCUT2D eigenvalue weighted by molar-refractivity contribution is 5.87. The zero-order valence-electron chi connectivity index (χ0n) is 8.16. The van der Waals surface area contributed by atoms with E-state index < -0.39 is 18.1 Å². The zero-order valence-corrected chi connectivity index (χ0v) is 8.16. The van der Waals surface area contributed by atoms with E-state index in [-0.39, 0.29) is 5.91 Å². The van der Waals surface area contributed by atoms with Crippen LogP contribution < -0.4 is 11.1 Å². The van der Waals surface area contributed by atoms with Crippen LogP contribution in [0.15, 0.2) is 0 Å². The van der Waals surface area contributed by atoms with Gasteiger partial charge < -0.3 is 15.8 Å². The van der Waals surface area contributed by atoms with Gasteiger partial charge in [0.2, 0.25) is 5.91 Å². The van der Waals surface area contributed by atoms with Gasteiger partial charge >= 0.3 is 5.97 Å². The number of carbonyl (C=O) groups excluding carboxylic acids is 2. The summed E-state index contributed by atoms with van der Waals surface area (Å²) in [5.41, 5.74) is 5.44. The summed E-state index contributed by atoms with van der Waals surface area (Å²) >= 11 is 0. The molecular formula is C8H16N2O3. The Kier molecular flexibility index (Phi) is 5.06. The molecule has 0 spiro atoms. The fourth-order valence-corrected chi connectivity index (χ4v) is 0.742. The number of hydrogen-bond acceptors (Lipinski definition) is 4. The first-order chi connectivity index (χ1) is 6.02. The van der Waals surface area contributed by atoms with Crippen molar-refractivity contribution < 1.29 is 14.3 Å². The van der Waals surface area contributed by atoms with E-state index in [4.69, 9.17) is 5.73 Å². The molecule has 0 aliphatic heterocycles. The Labute approximate surface area is 77.6 Å². The lowest BCUT2D eigenvalue weighted by Gasteiger charge is -2.14. The maximum Gasteiger partial charge on any atom is 0.328 e. The number of nitrogens with one attached hydrogen (secondary N) is 1. The number of methoxy groups -OCH3 is 1. The predicted octanol–water partition coefficient (Wildman–Crippen LogP) is -0.599. The van der Waals surface area contributed by atoms with E-state index in [0.29, 0.717) is 6.42 Å². The SMILES string of the molecule is CC[C@@H](N)C(=O)N[C@@H](C)C(=O)OC. The van der Waals surface area contributed by atoms with Crippen LogP contribution in [0.2, 0.25) is 0 Å². The Morgan fingerprint density at radius 1 is 1.54 bits per heavy atom. The molecule has 0 aliphatic rings. The highest BCUT2D eigenvalue weighted by Crippen LogP contribution is 1.90. The van der Waals surface area contributed by atoms with Crippen molar-refractivity contribution in [1.82, 2.24) is 5.32 Å². The minimum absolute atomic E-state index is 0.333. The van der Waals surface area contributed by atoms with E-state index in [2.05, 4.69) is 10.1 Å². The molecule has 0 saturated carbocycles. The summed E-state index contributed by atoms with van der Waals surface area (Å²) in [4.78, 5) is 22.0. The summed E-state index contributed by atoms with van der Waals surface area (Å²) in [6, 6.07) is -1.21. The lowest BCUT2D eigenvalue weighted by atomic mass is 10.2. The Morgan fingerprint density at radius 3 is 2.46 bits per heavy atom. The van der Waals surface area contributed by atoms with Crippen molar-refractivity contribution in [2.24, 2.45) is 5.73 Å². The van der Waals surface area contributed by atoms with Gasteiger partial charge in [-0.05, 0) is 13.3 Å². The molecule has 76 valence electrons. The molecule has 0 unspecified atom stereocenters. The van der Waals surface area contributed by atoms with E-state index in [1.807, 2.05) is 0 Å². The molecule has 3 N–H and O–H groups in total. The van der Waals surface area contributed by atoms with Gasteiger partial charge in [0.05, 0.1) is 13.2 Å². The summed E-state index contributed by atoms with van der Waals surface area (Å²) in [5, 5.41) is 2.44. The average Bonchev–Trinajstić information content (AvgIpc) is 2.14. The molecule has 0 rings (SSSR count). The van der Waals surface area contributed by atoms with Crippen LogP contribution in [-0.2, 0) is 14.3 Å². The first-order valence-corrected chi connectivity index (χ1v) is 4.16. The number of carbonyl (C=O) groups is 2.